The maximum absolute atomic E-state index is 13.3. The summed E-state index contributed by atoms with van der Waals surface area (Å²) in [5, 5.41) is 15.9. The van der Waals surface area contributed by atoms with Crippen LogP contribution in [0.4, 0.5) is 10.6 Å². The Balaban J connectivity index is 1.73. The van der Waals surface area contributed by atoms with Gasteiger partial charge in [0.1, 0.15) is 11.9 Å². The lowest BCUT2D eigenvalue weighted by molar-refractivity contribution is -0.216. The number of aliphatic carboxylic acids is 1. The number of carbonyl (C=O) groups excluding carboxylic acids is 3. The van der Waals surface area contributed by atoms with E-state index in [-0.39, 0.29) is 23.6 Å². The molecule has 0 bridgehead atoms. The SMILES string of the molecule is C[Si](C)(C)CCOC(=O)Nc1ccn([C@@H]2O[C@H](C(=O)O)[C@@H](N=[N+]=[N-])[C@H](OC(=O)c3ccccc3)[C@H]2OC(=O)c2ccccc2)c(=O)n1. The largest absolute Gasteiger partial charge is 0.479 e. The van der Waals surface area contributed by atoms with E-state index in [1.807, 2.05) is 0 Å². The minimum absolute atomic E-state index is 0.0567. The summed E-state index contributed by atoms with van der Waals surface area (Å²) < 4.78 is 23.1. The number of carbonyl (C=O) groups is 4. The fourth-order valence-electron chi connectivity index (χ4n) is 4.51. The highest BCUT2D eigenvalue weighted by molar-refractivity contribution is 6.76. The number of benzene rings is 2. The lowest BCUT2D eigenvalue weighted by atomic mass is 9.95. The van der Waals surface area contributed by atoms with Crippen molar-refractivity contribution in [3.8, 4) is 0 Å². The van der Waals surface area contributed by atoms with E-state index in [2.05, 4.69) is 40.0 Å². The van der Waals surface area contributed by atoms with Gasteiger partial charge in [0.2, 0.25) is 0 Å². The van der Waals surface area contributed by atoms with Gasteiger partial charge in [-0.05, 0) is 41.9 Å². The molecule has 1 amide bonds. The number of azide groups is 1. The van der Waals surface area contributed by atoms with Crippen LogP contribution in [0.5, 0.6) is 0 Å². The second kappa shape index (κ2) is 15.2. The molecule has 0 aliphatic carbocycles. The van der Waals surface area contributed by atoms with Crippen LogP contribution >= 0.6 is 0 Å². The highest BCUT2D eigenvalue weighted by Crippen LogP contribution is 2.35. The van der Waals surface area contributed by atoms with E-state index < -0.39 is 68.3 Å². The molecule has 0 saturated carbocycles. The first-order chi connectivity index (χ1) is 22.4. The first-order valence-electron chi connectivity index (χ1n) is 14.4. The molecule has 1 fully saturated rings. The number of hydrogen-bond donors (Lipinski definition) is 2. The van der Waals surface area contributed by atoms with Crippen LogP contribution < -0.4 is 11.0 Å². The Bertz CT molecular complexity index is 1710. The third-order valence-corrected chi connectivity index (χ3v) is 8.59. The maximum atomic E-state index is 13.3. The van der Waals surface area contributed by atoms with Gasteiger partial charge in [0, 0.05) is 19.2 Å². The summed E-state index contributed by atoms with van der Waals surface area (Å²) in [7, 11) is -1.47. The Morgan fingerprint density at radius 2 is 1.55 bits per heavy atom. The molecule has 16 nitrogen and oxygen atoms in total. The normalized spacial score (nSPS) is 20.6. The molecule has 47 heavy (non-hydrogen) atoms. The number of nitrogens with one attached hydrogen (secondary N) is 1. The Hall–Kier alpha value is -5.51. The van der Waals surface area contributed by atoms with Crippen molar-refractivity contribution in [2.45, 2.75) is 56.3 Å². The van der Waals surface area contributed by atoms with E-state index in [0.717, 1.165) is 16.8 Å². The standard InChI is InChI=1S/C30H32N6O10Si/c1-47(2,3)17-16-43-30(42)33-20-14-15-36(29(41)32-20)25-24(46-28(40)19-12-8-5-9-13-19)22(21(34-35-31)23(44-25)26(37)38)45-27(39)18-10-6-4-7-11-18/h4-15,21-25H,16-17H2,1-3H3,(H,37,38)(H,32,33,41,42)/t21-,22-,23-,24+,25+/m0/s1. The molecule has 0 radical (unpaired) electrons. The fraction of sp³-hybridized carbons (Fsp3) is 0.333. The van der Waals surface area contributed by atoms with E-state index in [1.165, 1.54) is 30.3 Å². The van der Waals surface area contributed by atoms with E-state index in [0.29, 0.717) is 0 Å². The second-order valence-corrected chi connectivity index (χ2v) is 17.1. The van der Waals surface area contributed by atoms with Crippen LogP contribution in [0.3, 0.4) is 0 Å². The van der Waals surface area contributed by atoms with Gasteiger partial charge < -0.3 is 24.1 Å². The van der Waals surface area contributed by atoms with Gasteiger partial charge in [-0.15, -0.1) is 0 Å². The summed E-state index contributed by atoms with van der Waals surface area (Å²) in [6.07, 6.45) is -6.97. The van der Waals surface area contributed by atoms with Gasteiger partial charge >= 0.3 is 29.7 Å². The summed E-state index contributed by atoms with van der Waals surface area (Å²) in [6.45, 7) is 6.52. The van der Waals surface area contributed by atoms with Gasteiger partial charge in [0.25, 0.3) is 0 Å². The third-order valence-electron chi connectivity index (χ3n) is 6.89. The average Bonchev–Trinajstić information content (AvgIpc) is 3.03. The molecule has 0 spiro atoms. The van der Waals surface area contributed by atoms with E-state index in [9.17, 15) is 34.6 Å². The van der Waals surface area contributed by atoms with Crippen molar-refractivity contribution in [3.05, 3.63) is 105 Å². The van der Waals surface area contributed by atoms with Gasteiger partial charge in [-0.1, -0.05) is 61.2 Å². The number of amides is 1. The van der Waals surface area contributed by atoms with Crippen LogP contribution in [0.15, 0.2) is 82.8 Å². The Morgan fingerprint density at radius 1 is 0.979 bits per heavy atom. The Kier molecular flexibility index (Phi) is 11.1. The monoisotopic (exact) mass is 664 g/mol. The number of hydrogen-bond acceptors (Lipinski definition) is 11. The predicted octanol–water partition coefficient (Wildman–Crippen LogP) is 4.24. The summed E-state index contributed by atoms with van der Waals surface area (Å²) in [5.74, 6) is -3.72. The van der Waals surface area contributed by atoms with Crippen LogP contribution in [0.25, 0.3) is 10.4 Å². The number of carboxylic acids is 1. The lowest BCUT2D eigenvalue weighted by Gasteiger charge is -2.42. The molecule has 17 heteroatoms. The van der Waals surface area contributed by atoms with E-state index >= 15 is 0 Å². The molecular weight excluding hydrogens is 632 g/mol. The molecule has 3 aromatic rings. The highest BCUT2D eigenvalue weighted by atomic mass is 28.3. The smallest absolute Gasteiger partial charge is 0.412 e. The second-order valence-electron chi connectivity index (χ2n) is 11.5. The molecule has 1 aliphatic rings. The van der Waals surface area contributed by atoms with Crippen molar-refractivity contribution in [3.63, 3.8) is 0 Å². The van der Waals surface area contributed by atoms with Crippen molar-refractivity contribution >= 4 is 37.9 Å². The van der Waals surface area contributed by atoms with Crippen molar-refractivity contribution in [1.82, 2.24) is 9.55 Å². The molecule has 1 aliphatic heterocycles. The molecule has 1 saturated heterocycles. The number of carboxylic acid groups (broad SMARTS) is 1. The number of anilines is 1. The number of rotatable bonds is 11. The van der Waals surface area contributed by atoms with Crippen molar-refractivity contribution in [1.29, 1.82) is 0 Å². The first-order valence-corrected chi connectivity index (χ1v) is 18.1. The fourth-order valence-corrected chi connectivity index (χ4v) is 5.23. The van der Waals surface area contributed by atoms with Gasteiger partial charge in [-0.2, -0.15) is 4.98 Å². The summed E-state index contributed by atoms with van der Waals surface area (Å²) in [5.41, 5.74) is 8.37. The molecule has 2 N–H and O–H groups in total. The molecule has 0 unspecified atom stereocenters. The lowest BCUT2D eigenvalue weighted by Crippen LogP contribution is -2.60. The number of aromatic nitrogens is 2. The highest BCUT2D eigenvalue weighted by Gasteiger charge is 2.53. The van der Waals surface area contributed by atoms with Crippen molar-refractivity contribution < 1.29 is 43.2 Å². The first kappa shape index (κ1) is 34.4. The molecule has 246 valence electrons. The molecule has 5 atom stereocenters. The molecule has 2 aromatic carbocycles. The zero-order chi connectivity index (χ0) is 34.1. The molecular formula is C30H32N6O10Si. The molecule has 1 aromatic heterocycles. The summed E-state index contributed by atoms with van der Waals surface area (Å²) in [4.78, 5) is 71.0. The Labute approximate surface area is 268 Å². The van der Waals surface area contributed by atoms with Crippen LogP contribution in [-0.4, -0.2) is 77.7 Å². The van der Waals surface area contributed by atoms with Crippen LogP contribution in [0.2, 0.25) is 25.7 Å². The predicted molar refractivity (Wildman–Crippen MR) is 167 cm³/mol. The minimum atomic E-state index is -1.97. The average molecular weight is 665 g/mol. The van der Waals surface area contributed by atoms with Crippen LogP contribution in [0, 0.1) is 0 Å². The van der Waals surface area contributed by atoms with Gasteiger partial charge in [-0.3, -0.25) is 9.88 Å². The minimum Gasteiger partial charge on any atom is -0.479 e. The number of ether oxygens (including phenoxy) is 4. The van der Waals surface area contributed by atoms with Crippen molar-refractivity contribution in [2.75, 3.05) is 11.9 Å². The number of esters is 2. The van der Waals surface area contributed by atoms with Crippen LogP contribution in [-0.2, 0) is 23.7 Å². The van der Waals surface area contributed by atoms with Crippen molar-refractivity contribution in [2.24, 2.45) is 5.11 Å². The van der Waals surface area contributed by atoms with Gasteiger partial charge in [0.15, 0.2) is 24.5 Å². The number of nitrogens with zero attached hydrogens (tertiary/aromatic N) is 5. The summed E-state index contributed by atoms with van der Waals surface area (Å²) in [6, 6.07) is 15.5. The zero-order valence-corrected chi connectivity index (χ0v) is 26.6. The zero-order valence-electron chi connectivity index (χ0n) is 25.6. The third kappa shape index (κ3) is 9.03. The van der Waals surface area contributed by atoms with Gasteiger partial charge in [-0.25, -0.2) is 24.0 Å². The van der Waals surface area contributed by atoms with Gasteiger partial charge in [0.05, 0.1) is 17.7 Å². The summed E-state index contributed by atoms with van der Waals surface area (Å²) >= 11 is 0. The molecule has 4 rings (SSSR count). The molecule has 2 heterocycles. The van der Waals surface area contributed by atoms with E-state index in [1.54, 1.807) is 36.4 Å². The maximum Gasteiger partial charge on any atom is 0.412 e. The quantitative estimate of drug-likeness (QED) is 0.0737. The Morgan fingerprint density at radius 3 is 2.06 bits per heavy atom. The topological polar surface area (TPSA) is 221 Å². The van der Waals surface area contributed by atoms with E-state index in [4.69, 9.17) is 18.9 Å². The van der Waals surface area contributed by atoms with Crippen LogP contribution in [0.1, 0.15) is 26.9 Å².